The second-order valence-electron chi connectivity index (χ2n) is 4.48. The topological polar surface area (TPSA) is 66.4 Å². The lowest BCUT2D eigenvalue weighted by atomic mass is 10.2. The first-order chi connectivity index (χ1) is 9.57. The highest BCUT2D eigenvalue weighted by molar-refractivity contribution is 7.89. The van der Waals surface area contributed by atoms with Crippen LogP contribution in [0.3, 0.4) is 0 Å². The highest BCUT2D eigenvalue weighted by atomic mass is 32.2. The molecule has 2 rings (SSSR count). The Morgan fingerprint density at radius 1 is 1.20 bits per heavy atom. The van der Waals surface area contributed by atoms with Gasteiger partial charge in [0.1, 0.15) is 0 Å². The van der Waals surface area contributed by atoms with Crippen LogP contribution in [0.2, 0.25) is 0 Å². The number of hydrogen-bond acceptors (Lipinski definition) is 4. The highest BCUT2D eigenvalue weighted by Crippen LogP contribution is 2.15. The van der Waals surface area contributed by atoms with Gasteiger partial charge in [0, 0.05) is 6.54 Å². The minimum Gasteiger partial charge on any atom is -0.387 e. The molecule has 1 atom stereocenters. The van der Waals surface area contributed by atoms with Crippen molar-refractivity contribution >= 4 is 21.4 Å². The van der Waals surface area contributed by atoms with E-state index in [4.69, 9.17) is 0 Å². The molecule has 0 aliphatic rings. The van der Waals surface area contributed by atoms with E-state index < -0.39 is 16.1 Å². The van der Waals surface area contributed by atoms with Crippen LogP contribution in [0.5, 0.6) is 0 Å². The molecule has 1 aromatic carbocycles. The minimum atomic E-state index is -3.37. The fourth-order valence-electron chi connectivity index (χ4n) is 1.76. The van der Waals surface area contributed by atoms with Gasteiger partial charge in [-0.05, 0) is 34.4 Å². The number of aryl methyl sites for hydroxylation is 1. The number of sulfonamides is 1. The summed E-state index contributed by atoms with van der Waals surface area (Å²) >= 11 is 1.47. The Morgan fingerprint density at radius 2 is 1.95 bits per heavy atom. The van der Waals surface area contributed by atoms with Crippen LogP contribution in [0.4, 0.5) is 0 Å². The third kappa shape index (κ3) is 4.72. The van der Waals surface area contributed by atoms with E-state index in [1.807, 2.05) is 41.1 Å². The smallest absolute Gasteiger partial charge is 0.212 e. The number of aliphatic hydroxyl groups is 1. The molecule has 1 unspecified atom stereocenters. The zero-order chi connectivity index (χ0) is 14.4. The fraction of sp³-hybridized carbons (Fsp3) is 0.286. The van der Waals surface area contributed by atoms with Crippen LogP contribution in [0.15, 0.2) is 47.2 Å². The number of aliphatic hydroxyl groups excluding tert-OH is 1. The summed E-state index contributed by atoms with van der Waals surface area (Å²) in [6.45, 7) is 0.00779. The summed E-state index contributed by atoms with van der Waals surface area (Å²) in [5, 5.41) is 13.5. The molecule has 108 valence electrons. The van der Waals surface area contributed by atoms with Gasteiger partial charge < -0.3 is 5.11 Å². The van der Waals surface area contributed by atoms with Crippen molar-refractivity contribution in [2.24, 2.45) is 0 Å². The first-order valence-corrected chi connectivity index (χ1v) is 8.88. The van der Waals surface area contributed by atoms with E-state index in [9.17, 15) is 13.5 Å². The Bertz CT molecular complexity index is 609. The molecule has 0 aliphatic carbocycles. The van der Waals surface area contributed by atoms with E-state index in [2.05, 4.69) is 4.72 Å². The Labute approximate surface area is 123 Å². The SMILES string of the molecule is O=S(=O)(CCc1ccccc1)NCC(O)c1ccsc1. The van der Waals surface area contributed by atoms with Gasteiger partial charge in [-0.15, -0.1) is 0 Å². The lowest BCUT2D eigenvalue weighted by Crippen LogP contribution is -2.31. The number of thiophene rings is 1. The molecule has 0 amide bonds. The molecular weight excluding hydrogens is 294 g/mol. The van der Waals surface area contributed by atoms with Crippen LogP contribution in [0, 0.1) is 0 Å². The van der Waals surface area contributed by atoms with Crippen molar-refractivity contribution in [2.45, 2.75) is 12.5 Å². The Balaban J connectivity index is 1.82. The van der Waals surface area contributed by atoms with E-state index in [0.29, 0.717) is 6.42 Å². The summed E-state index contributed by atoms with van der Waals surface area (Å²) < 4.78 is 26.2. The van der Waals surface area contributed by atoms with Crippen molar-refractivity contribution in [1.82, 2.24) is 4.72 Å². The van der Waals surface area contributed by atoms with Crippen molar-refractivity contribution < 1.29 is 13.5 Å². The normalized spacial score (nSPS) is 13.2. The molecule has 1 aromatic heterocycles. The standard InChI is InChI=1S/C14H17NO3S2/c16-14(13-6-8-19-11-13)10-15-20(17,18)9-7-12-4-2-1-3-5-12/h1-6,8,11,14-16H,7,9-10H2. The predicted octanol–water partition coefficient (Wildman–Crippen LogP) is 1.94. The van der Waals surface area contributed by atoms with E-state index in [1.165, 1.54) is 11.3 Å². The van der Waals surface area contributed by atoms with E-state index in [0.717, 1.165) is 11.1 Å². The molecule has 0 radical (unpaired) electrons. The molecular formula is C14H17NO3S2. The van der Waals surface area contributed by atoms with Crippen LogP contribution >= 0.6 is 11.3 Å². The summed E-state index contributed by atoms with van der Waals surface area (Å²) in [5.41, 5.74) is 1.72. The average Bonchev–Trinajstić information content (AvgIpc) is 2.98. The highest BCUT2D eigenvalue weighted by Gasteiger charge is 2.14. The first kappa shape index (κ1) is 15.2. The number of nitrogens with one attached hydrogen (secondary N) is 1. The lowest BCUT2D eigenvalue weighted by Gasteiger charge is -2.11. The summed E-state index contributed by atoms with van der Waals surface area (Å²) in [5.74, 6) is 0.0212. The van der Waals surface area contributed by atoms with Gasteiger partial charge in [-0.1, -0.05) is 30.3 Å². The summed E-state index contributed by atoms with van der Waals surface area (Å²) in [6, 6.07) is 11.2. The van der Waals surface area contributed by atoms with Crippen LogP contribution in [-0.2, 0) is 16.4 Å². The van der Waals surface area contributed by atoms with Gasteiger partial charge in [-0.3, -0.25) is 0 Å². The number of rotatable bonds is 7. The van der Waals surface area contributed by atoms with Crippen LogP contribution in [-0.4, -0.2) is 25.8 Å². The van der Waals surface area contributed by atoms with Crippen molar-refractivity contribution in [2.75, 3.05) is 12.3 Å². The Morgan fingerprint density at radius 3 is 2.60 bits per heavy atom. The maximum Gasteiger partial charge on any atom is 0.212 e. The van der Waals surface area contributed by atoms with Gasteiger partial charge in [0.05, 0.1) is 11.9 Å². The summed E-state index contributed by atoms with van der Waals surface area (Å²) in [6.07, 6.45) is -0.335. The van der Waals surface area contributed by atoms with Crippen molar-refractivity contribution in [1.29, 1.82) is 0 Å². The van der Waals surface area contributed by atoms with Gasteiger partial charge >= 0.3 is 0 Å². The van der Waals surface area contributed by atoms with Crippen LogP contribution < -0.4 is 4.72 Å². The average molecular weight is 311 g/mol. The monoisotopic (exact) mass is 311 g/mol. The summed E-state index contributed by atoms with van der Waals surface area (Å²) in [7, 11) is -3.37. The lowest BCUT2D eigenvalue weighted by molar-refractivity contribution is 0.182. The van der Waals surface area contributed by atoms with E-state index in [-0.39, 0.29) is 12.3 Å². The van der Waals surface area contributed by atoms with E-state index >= 15 is 0 Å². The van der Waals surface area contributed by atoms with Crippen LogP contribution in [0.1, 0.15) is 17.2 Å². The molecule has 0 saturated carbocycles. The van der Waals surface area contributed by atoms with Crippen LogP contribution in [0.25, 0.3) is 0 Å². The van der Waals surface area contributed by atoms with Crippen molar-refractivity contribution in [3.63, 3.8) is 0 Å². The molecule has 2 aromatic rings. The van der Waals surface area contributed by atoms with Gasteiger partial charge in [0.2, 0.25) is 10.0 Å². The molecule has 20 heavy (non-hydrogen) atoms. The molecule has 6 heteroatoms. The first-order valence-electron chi connectivity index (χ1n) is 6.28. The second-order valence-corrected chi connectivity index (χ2v) is 7.18. The predicted molar refractivity (Wildman–Crippen MR) is 81.2 cm³/mol. The third-order valence-electron chi connectivity index (χ3n) is 2.93. The van der Waals surface area contributed by atoms with E-state index in [1.54, 1.807) is 6.07 Å². The summed E-state index contributed by atoms with van der Waals surface area (Å²) in [4.78, 5) is 0. The molecule has 0 fully saturated rings. The van der Waals surface area contributed by atoms with Gasteiger partial charge in [-0.25, -0.2) is 13.1 Å². The molecule has 0 saturated heterocycles. The second kappa shape index (κ2) is 6.99. The minimum absolute atomic E-state index is 0.00779. The molecule has 0 bridgehead atoms. The molecule has 0 spiro atoms. The van der Waals surface area contributed by atoms with Gasteiger partial charge in [-0.2, -0.15) is 11.3 Å². The maximum absolute atomic E-state index is 11.9. The molecule has 0 aliphatic heterocycles. The Hall–Kier alpha value is -1.21. The van der Waals surface area contributed by atoms with Gasteiger partial charge in [0.25, 0.3) is 0 Å². The largest absolute Gasteiger partial charge is 0.387 e. The Kier molecular flexibility index (Phi) is 5.31. The van der Waals surface area contributed by atoms with Crippen molar-refractivity contribution in [3.05, 3.63) is 58.3 Å². The quantitative estimate of drug-likeness (QED) is 0.821. The number of hydrogen-bond donors (Lipinski definition) is 2. The zero-order valence-corrected chi connectivity index (χ0v) is 12.5. The van der Waals surface area contributed by atoms with Gasteiger partial charge in [0.15, 0.2) is 0 Å². The van der Waals surface area contributed by atoms with Crippen molar-refractivity contribution in [3.8, 4) is 0 Å². The molecule has 1 heterocycles. The zero-order valence-electron chi connectivity index (χ0n) is 10.9. The fourth-order valence-corrected chi connectivity index (χ4v) is 3.53. The number of benzene rings is 1. The maximum atomic E-state index is 11.9. The third-order valence-corrected chi connectivity index (χ3v) is 4.98. The molecule has 2 N–H and O–H groups in total. The molecule has 4 nitrogen and oxygen atoms in total.